The first-order valence-corrected chi connectivity index (χ1v) is 11.1. The first-order chi connectivity index (χ1) is 14.9. The average molecular weight is 518 g/mol. The second kappa shape index (κ2) is 9.19. The predicted molar refractivity (Wildman–Crippen MR) is 116 cm³/mol. The molecule has 2 fully saturated rings. The summed E-state index contributed by atoms with van der Waals surface area (Å²) < 4.78 is 13.4. The first-order valence-electron chi connectivity index (χ1n) is 9.91. The van der Waals surface area contributed by atoms with Crippen LogP contribution in [0.3, 0.4) is 0 Å². The molecule has 2 aromatic rings. The highest BCUT2D eigenvalue weighted by Gasteiger charge is 2.27. The van der Waals surface area contributed by atoms with Gasteiger partial charge in [0.05, 0.1) is 16.6 Å². The van der Waals surface area contributed by atoms with Gasteiger partial charge in [0, 0.05) is 43.4 Å². The summed E-state index contributed by atoms with van der Waals surface area (Å²) in [4.78, 5) is 29.0. The summed E-state index contributed by atoms with van der Waals surface area (Å²) in [5.41, 5.74) is -0.0949. The number of carbonyl (C=O) groups is 1. The van der Waals surface area contributed by atoms with Crippen LogP contribution < -0.4 is 15.7 Å². The lowest BCUT2D eigenvalue weighted by Gasteiger charge is -2.32. The van der Waals surface area contributed by atoms with Gasteiger partial charge in [-0.2, -0.15) is 4.98 Å². The van der Waals surface area contributed by atoms with E-state index in [1.807, 2.05) is 0 Å². The summed E-state index contributed by atoms with van der Waals surface area (Å²) in [6, 6.07) is 1.29. The molecule has 1 amide bonds. The minimum Gasteiger partial charge on any atom is -0.493 e. The third-order valence-electron chi connectivity index (χ3n) is 5.56. The number of amides is 1. The predicted octanol–water partition coefficient (Wildman–Crippen LogP) is 2.20. The van der Waals surface area contributed by atoms with Crippen molar-refractivity contribution in [3.8, 4) is 11.6 Å². The van der Waals surface area contributed by atoms with Crippen molar-refractivity contribution in [3.63, 3.8) is 0 Å². The topological polar surface area (TPSA) is 126 Å². The molecule has 0 bridgehead atoms. The van der Waals surface area contributed by atoms with Crippen LogP contribution in [-0.2, 0) is 4.74 Å². The van der Waals surface area contributed by atoms with Gasteiger partial charge < -0.3 is 29.9 Å². The molecule has 1 atom stereocenters. The second-order valence-electron chi connectivity index (χ2n) is 7.52. The average Bonchev–Trinajstić information content (AvgIpc) is 2.75. The molecule has 1 aromatic heterocycles. The van der Waals surface area contributed by atoms with Gasteiger partial charge in [-0.15, -0.1) is 0 Å². The highest BCUT2D eigenvalue weighted by atomic mass is 79.9. The van der Waals surface area contributed by atoms with Gasteiger partial charge in [0.1, 0.15) is 12.0 Å². The van der Waals surface area contributed by atoms with Crippen LogP contribution in [0.15, 0.2) is 15.3 Å². The summed E-state index contributed by atoms with van der Waals surface area (Å²) in [7, 11) is 0. The number of aromatic nitrogens is 2. The Kier molecular flexibility index (Phi) is 6.56. The number of fused-ring (bicyclic) bond motifs is 1. The number of hydrogen-bond donors (Lipinski definition) is 3. The summed E-state index contributed by atoms with van der Waals surface area (Å²) in [5.74, 6) is -0.275. The largest absolute Gasteiger partial charge is 0.493 e. The van der Waals surface area contributed by atoms with Crippen molar-refractivity contribution in [1.82, 2.24) is 19.8 Å². The molecule has 2 saturated heterocycles. The van der Waals surface area contributed by atoms with Crippen LogP contribution in [-0.4, -0.2) is 76.3 Å². The lowest BCUT2D eigenvalue weighted by Crippen LogP contribution is -2.54. The van der Waals surface area contributed by atoms with E-state index in [1.165, 1.54) is 4.90 Å². The number of rotatable bonds is 4. The lowest BCUT2D eigenvalue weighted by molar-refractivity contribution is 0.0694. The molecule has 4 rings (SSSR count). The number of benzene rings is 1. The standard InChI is InChI=1S/C19H22BrClN4O6/c20-12-7-13-14(17(26)23-18(27)25(13)11-1-5-30-6-2-11)16(15(12)21)31-9-10-8-24(19(28)29)4-3-22-10/h7,10-11,22H,1-6,8-9H2,(H,28,29)(H,23,26,27). The number of halogens is 2. The molecule has 10 nitrogen and oxygen atoms in total. The molecule has 3 N–H and O–H groups in total. The number of ether oxygens (including phenoxy) is 2. The van der Waals surface area contributed by atoms with Crippen LogP contribution >= 0.6 is 27.5 Å². The van der Waals surface area contributed by atoms with Crippen LogP contribution in [0.5, 0.6) is 11.6 Å². The number of aromatic hydroxyl groups is 1. The molecule has 0 spiro atoms. The van der Waals surface area contributed by atoms with E-state index in [0.29, 0.717) is 49.1 Å². The van der Waals surface area contributed by atoms with Crippen molar-refractivity contribution in [2.75, 3.05) is 39.5 Å². The Morgan fingerprint density at radius 2 is 2.16 bits per heavy atom. The molecule has 168 valence electrons. The molecular weight excluding hydrogens is 496 g/mol. The maximum atomic E-state index is 12.7. The Bertz CT molecular complexity index is 1060. The summed E-state index contributed by atoms with van der Waals surface area (Å²) in [6.45, 7) is 2.34. The van der Waals surface area contributed by atoms with E-state index in [-0.39, 0.29) is 41.4 Å². The van der Waals surface area contributed by atoms with Crippen LogP contribution in [0.2, 0.25) is 5.02 Å². The first kappa shape index (κ1) is 22.1. The number of piperazine rings is 1. The van der Waals surface area contributed by atoms with Crippen LogP contribution in [0.1, 0.15) is 18.9 Å². The molecule has 1 unspecified atom stereocenters. The molecule has 31 heavy (non-hydrogen) atoms. The normalized spacial score (nSPS) is 20.2. The van der Waals surface area contributed by atoms with Gasteiger partial charge in [0.25, 0.3) is 0 Å². The molecule has 1 aromatic carbocycles. The van der Waals surface area contributed by atoms with Crippen LogP contribution in [0.25, 0.3) is 10.9 Å². The Morgan fingerprint density at radius 1 is 1.42 bits per heavy atom. The summed E-state index contributed by atoms with van der Waals surface area (Å²) in [5, 5.41) is 23.4. The molecule has 2 aliphatic rings. The van der Waals surface area contributed by atoms with Crippen molar-refractivity contribution < 1.29 is 24.5 Å². The number of carboxylic acid groups (broad SMARTS) is 1. The van der Waals surface area contributed by atoms with Gasteiger partial charge in [0.15, 0.2) is 5.75 Å². The lowest BCUT2D eigenvalue weighted by atomic mass is 10.1. The van der Waals surface area contributed by atoms with Crippen molar-refractivity contribution in [3.05, 3.63) is 26.0 Å². The number of hydrogen-bond acceptors (Lipinski definition) is 7. The molecular formula is C19H22BrClN4O6. The Morgan fingerprint density at radius 3 is 2.87 bits per heavy atom. The Balaban J connectivity index is 1.72. The van der Waals surface area contributed by atoms with Crippen molar-refractivity contribution in [2.45, 2.75) is 24.9 Å². The van der Waals surface area contributed by atoms with Gasteiger partial charge in [-0.05, 0) is 34.8 Å². The van der Waals surface area contributed by atoms with Gasteiger partial charge in [-0.3, -0.25) is 4.57 Å². The van der Waals surface area contributed by atoms with E-state index in [9.17, 15) is 19.8 Å². The minimum absolute atomic E-state index is 0.116. The maximum Gasteiger partial charge on any atom is 0.407 e. The van der Waals surface area contributed by atoms with Gasteiger partial charge >= 0.3 is 11.8 Å². The van der Waals surface area contributed by atoms with Crippen molar-refractivity contribution in [2.24, 2.45) is 0 Å². The van der Waals surface area contributed by atoms with Crippen LogP contribution in [0.4, 0.5) is 4.79 Å². The quantitative estimate of drug-likeness (QED) is 0.563. The van der Waals surface area contributed by atoms with Gasteiger partial charge in [-0.1, -0.05) is 11.6 Å². The fraction of sp³-hybridized carbons (Fsp3) is 0.526. The number of nitrogens with zero attached hydrogens (tertiary/aromatic N) is 3. The molecule has 0 radical (unpaired) electrons. The minimum atomic E-state index is -0.986. The monoisotopic (exact) mass is 516 g/mol. The van der Waals surface area contributed by atoms with E-state index in [4.69, 9.17) is 21.1 Å². The highest BCUT2D eigenvalue weighted by Crippen LogP contribution is 2.43. The Labute approximate surface area is 190 Å². The van der Waals surface area contributed by atoms with Gasteiger partial charge in [-0.25, -0.2) is 9.59 Å². The highest BCUT2D eigenvalue weighted by molar-refractivity contribution is 9.10. The maximum absolute atomic E-state index is 12.7. The van der Waals surface area contributed by atoms with E-state index in [0.717, 1.165) is 0 Å². The Hall–Kier alpha value is -2.08. The smallest absolute Gasteiger partial charge is 0.407 e. The van der Waals surface area contributed by atoms with E-state index < -0.39 is 17.7 Å². The zero-order valence-electron chi connectivity index (χ0n) is 16.5. The van der Waals surface area contributed by atoms with Crippen LogP contribution in [0, 0.1) is 0 Å². The zero-order chi connectivity index (χ0) is 22.1. The molecule has 12 heteroatoms. The molecule has 3 heterocycles. The zero-order valence-corrected chi connectivity index (χ0v) is 18.9. The van der Waals surface area contributed by atoms with Crippen molar-refractivity contribution >= 4 is 44.5 Å². The van der Waals surface area contributed by atoms with Crippen molar-refractivity contribution in [1.29, 1.82) is 0 Å². The van der Waals surface area contributed by atoms with E-state index in [2.05, 4.69) is 26.2 Å². The third kappa shape index (κ3) is 4.45. The molecule has 2 aliphatic heterocycles. The van der Waals surface area contributed by atoms with E-state index in [1.54, 1.807) is 10.6 Å². The molecule has 0 aliphatic carbocycles. The number of nitrogens with one attached hydrogen (secondary N) is 1. The fourth-order valence-corrected chi connectivity index (χ4v) is 4.63. The van der Waals surface area contributed by atoms with Gasteiger partial charge in [0.2, 0.25) is 5.88 Å². The fourth-order valence-electron chi connectivity index (χ4n) is 4.03. The second-order valence-corrected chi connectivity index (χ2v) is 8.75. The summed E-state index contributed by atoms with van der Waals surface area (Å²) >= 11 is 9.89. The third-order valence-corrected chi connectivity index (χ3v) is 6.79. The molecule has 0 saturated carbocycles. The van der Waals surface area contributed by atoms with E-state index >= 15 is 0 Å². The summed E-state index contributed by atoms with van der Waals surface area (Å²) in [6.07, 6.45) is 0.309. The SMILES string of the molecule is O=C(O)N1CCNC(COc2c(Cl)c(Br)cc3c2c(O)nc(=O)n3C2CCOCC2)C1.